The van der Waals surface area contributed by atoms with Gasteiger partial charge in [-0.05, 0) is 35.6 Å². The Morgan fingerprint density at radius 1 is 0.974 bits per heavy atom. The van der Waals surface area contributed by atoms with Gasteiger partial charge >= 0.3 is 6.03 Å². The van der Waals surface area contributed by atoms with E-state index < -0.39 is 29.4 Å². The fraction of sp³-hybridized carbons (Fsp3) is 0.267. The number of nitrogens with two attached hydrogens (primary N) is 1. The number of piperazine rings is 1. The highest BCUT2D eigenvalue weighted by Gasteiger charge is 2.61. The van der Waals surface area contributed by atoms with Crippen molar-refractivity contribution < 1.29 is 19.2 Å². The number of fused-ring (bicyclic) bond motifs is 1. The highest BCUT2D eigenvalue weighted by Crippen LogP contribution is 2.43. The number of urea groups is 1. The number of thiazole rings is 1. The largest absolute Gasteiger partial charge is 0.351 e. The Labute approximate surface area is 231 Å². The van der Waals surface area contributed by atoms with E-state index in [1.54, 1.807) is 0 Å². The Morgan fingerprint density at radius 3 is 2.21 bits per heavy atom. The van der Waals surface area contributed by atoms with E-state index in [2.05, 4.69) is 0 Å². The number of benzene rings is 3. The number of carbonyl (C=O) groups excluding carboxylic acids is 3. The molecule has 0 spiro atoms. The fourth-order valence-corrected chi connectivity index (χ4v) is 6.16. The lowest BCUT2D eigenvalue weighted by Gasteiger charge is -2.49. The van der Waals surface area contributed by atoms with Crippen LogP contribution in [-0.4, -0.2) is 38.8 Å². The Kier molecular flexibility index (Phi) is 7.45. The zero-order valence-electron chi connectivity index (χ0n) is 21.8. The van der Waals surface area contributed by atoms with Crippen LogP contribution in [0.5, 0.6) is 0 Å². The Morgan fingerprint density at radius 2 is 1.59 bits per heavy atom. The van der Waals surface area contributed by atoms with Gasteiger partial charge < -0.3 is 5.73 Å². The molecule has 2 atom stereocenters. The lowest BCUT2D eigenvalue weighted by Crippen LogP contribution is -2.72. The molecule has 0 radical (unpaired) electrons. The predicted octanol–water partition coefficient (Wildman–Crippen LogP) is 5.03. The number of nitrogens with zero attached hydrogens (tertiary/aromatic N) is 3. The number of amides is 4. The first-order chi connectivity index (χ1) is 18.8. The van der Waals surface area contributed by atoms with Crippen LogP contribution in [0.2, 0.25) is 0 Å². The summed E-state index contributed by atoms with van der Waals surface area (Å²) in [5, 5.41) is 1.48. The third kappa shape index (κ3) is 5.03. The molecule has 1 saturated heterocycles. The number of rotatable bonds is 8. The molecule has 4 amide bonds. The second-order valence-electron chi connectivity index (χ2n) is 10.1. The van der Waals surface area contributed by atoms with Gasteiger partial charge in [0.05, 0.1) is 10.2 Å². The van der Waals surface area contributed by atoms with Gasteiger partial charge in [-0.3, -0.25) is 14.4 Å². The molecule has 3 aromatic carbocycles. The Bertz CT molecular complexity index is 1460. The van der Waals surface area contributed by atoms with Crippen LogP contribution in [0.3, 0.4) is 0 Å². The normalized spacial score (nSPS) is 19.7. The van der Waals surface area contributed by atoms with Gasteiger partial charge in [0, 0.05) is 6.42 Å². The van der Waals surface area contributed by atoms with Gasteiger partial charge in [-0.15, -0.1) is 11.3 Å². The molecule has 4 aromatic rings. The summed E-state index contributed by atoms with van der Waals surface area (Å²) in [5.41, 5.74) is 6.34. The van der Waals surface area contributed by atoms with Gasteiger partial charge in [-0.2, -0.15) is 0 Å². The average Bonchev–Trinajstić information content (AvgIpc) is 3.37. The lowest BCUT2D eigenvalue weighted by atomic mass is 9.83. The molecule has 200 valence electrons. The van der Waals surface area contributed by atoms with Crippen LogP contribution in [0.15, 0.2) is 84.9 Å². The molecule has 8 nitrogen and oxygen atoms in total. The summed E-state index contributed by atoms with van der Waals surface area (Å²) in [4.78, 5) is 53.9. The van der Waals surface area contributed by atoms with Gasteiger partial charge in [-0.1, -0.05) is 86.6 Å². The van der Waals surface area contributed by atoms with Crippen molar-refractivity contribution >= 4 is 39.4 Å². The lowest BCUT2D eigenvalue weighted by molar-refractivity contribution is -0.231. The van der Waals surface area contributed by atoms with E-state index in [9.17, 15) is 14.4 Å². The van der Waals surface area contributed by atoms with Gasteiger partial charge in [0.15, 0.2) is 5.54 Å². The third-order valence-corrected chi connectivity index (χ3v) is 7.99. The van der Waals surface area contributed by atoms with E-state index >= 15 is 0 Å². The minimum absolute atomic E-state index is 0.000765. The monoisotopic (exact) mass is 542 g/mol. The zero-order valence-corrected chi connectivity index (χ0v) is 22.6. The number of hydrogen-bond donors (Lipinski definition) is 1. The Balaban J connectivity index is 1.70. The van der Waals surface area contributed by atoms with Crippen LogP contribution in [0, 0.1) is 5.92 Å². The van der Waals surface area contributed by atoms with Gasteiger partial charge in [0.25, 0.3) is 11.8 Å². The topological polar surface area (TPSA) is 106 Å². The average molecular weight is 543 g/mol. The minimum atomic E-state index is -1.82. The smallest absolute Gasteiger partial charge is 0.322 e. The molecule has 0 saturated carbocycles. The van der Waals surface area contributed by atoms with E-state index in [0.717, 1.165) is 20.7 Å². The van der Waals surface area contributed by atoms with E-state index in [0.29, 0.717) is 16.9 Å². The van der Waals surface area contributed by atoms with Crippen LogP contribution in [0.25, 0.3) is 10.2 Å². The number of hydrogen-bond acceptors (Lipinski definition) is 6. The third-order valence-electron chi connectivity index (χ3n) is 6.80. The molecule has 2 heterocycles. The van der Waals surface area contributed by atoms with Crippen molar-refractivity contribution in [2.75, 3.05) is 0 Å². The number of hydroxylamine groups is 2. The van der Waals surface area contributed by atoms with Gasteiger partial charge in [0.1, 0.15) is 17.7 Å². The van der Waals surface area contributed by atoms with Crippen LogP contribution in [0.4, 0.5) is 4.79 Å². The molecule has 2 N–H and O–H groups in total. The maximum Gasteiger partial charge on any atom is 0.322 e. The van der Waals surface area contributed by atoms with Crippen molar-refractivity contribution in [2.24, 2.45) is 11.7 Å². The van der Waals surface area contributed by atoms with E-state index in [4.69, 9.17) is 15.6 Å². The minimum Gasteiger partial charge on any atom is -0.351 e. The molecule has 0 aliphatic carbocycles. The summed E-state index contributed by atoms with van der Waals surface area (Å²) < 4.78 is 0.825. The molecule has 9 heteroatoms. The van der Waals surface area contributed by atoms with Crippen molar-refractivity contribution in [3.8, 4) is 0 Å². The van der Waals surface area contributed by atoms with Gasteiger partial charge in [-0.25, -0.2) is 19.7 Å². The SMILES string of the molecule is CC(C)CC1C(=O)N(C(N)=O)C(Cc2ccccc2)(c2nc3ccccc3s2)C(=O)N1OCc1ccccc1. The summed E-state index contributed by atoms with van der Waals surface area (Å²) in [6, 6.07) is 24.1. The van der Waals surface area contributed by atoms with Crippen molar-refractivity contribution in [1.82, 2.24) is 14.9 Å². The van der Waals surface area contributed by atoms with E-state index in [-0.39, 0.29) is 18.9 Å². The quantitative estimate of drug-likeness (QED) is 0.336. The maximum atomic E-state index is 14.8. The second kappa shape index (κ2) is 11.0. The van der Waals surface area contributed by atoms with E-state index in [1.807, 2.05) is 98.8 Å². The van der Waals surface area contributed by atoms with Crippen LogP contribution in [0.1, 0.15) is 36.4 Å². The first-order valence-corrected chi connectivity index (χ1v) is 13.7. The second-order valence-corrected chi connectivity index (χ2v) is 11.1. The highest BCUT2D eigenvalue weighted by atomic mass is 32.1. The molecule has 39 heavy (non-hydrogen) atoms. The van der Waals surface area contributed by atoms with Gasteiger partial charge in [0.2, 0.25) is 0 Å². The molecule has 1 aliphatic rings. The van der Waals surface area contributed by atoms with Crippen molar-refractivity contribution in [3.05, 3.63) is 101 Å². The van der Waals surface area contributed by atoms with Crippen molar-refractivity contribution in [2.45, 2.75) is 44.9 Å². The number of imide groups is 1. The molecule has 2 unspecified atom stereocenters. The van der Waals surface area contributed by atoms with Crippen LogP contribution < -0.4 is 5.73 Å². The summed E-state index contributed by atoms with van der Waals surface area (Å²) in [7, 11) is 0. The van der Waals surface area contributed by atoms with E-state index in [1.165, 1.54) is 16.4 Å². The Hall–Kier alpha value is -4.08. The number of carbonyl (C=O) groups is 3. The summed E-state index contributed by atoms with van der Waals surface area (Å²) in [6.45, 7) is 3.97. The number of para-hydroxylation sites is 1. The fourth-order valence-electron chi connectivity index (χ4n) is 5.02. The molecule has 1 aromatic heterocycles. The number of primary amides is 1. The summed E-state index contributed by atoms with van der Waals surface area (Å²) in [6.07, 6.45) is 0.297. The highest BCUT2D eigenvalue weighted by molar-refractivity contribution is 7.18. The van der Waals surface area contributed by atoms with Crippen molar-refractivity contribution in [3.63, 3.8) is 0 Å². The molecule has 5 rings (SSSR count). The van der Waals surface area contributed by atoms with Crippen LogP contribution in [-0.2, 0) is 33.0 Å². The zero-order chi connectivity index (χ0) is 27.6. The standard InChI is InChI=1S/C30H30N4O4S/c1-20(2)17-24-26(35)33(29(31)37)30(18-21-11-5-3-6-12-21,27-32-23-15-9-10-16-25(23)39-27)28(36)34(24)38-19-22-13-7-4-8-14-22/h3-16,20,24H,17-19H2,1-2H3,(H2,31,37). The van der Waals surface area contributed by atoms with Crippen molar-refractivity contribution in [1.29, 1.82) is 0 Å². The maximum absolute atomic E-state index is 14.8. The molecule has 1 fully saturated rings. The predicted molar refractivity (Wildman–Crippen MR) is 149 cm³/mol. The first kappa shape index (κ1) is 26.5. The molecule has 1 aliphatic heterocycles. The number of aromatic nitrogens is 1. The summed E-state index contributed by atoms with van der Waals surface area (Å²) in [5.74, 6) is -1.10. The summed E-state index contributed by atoms with van der Waals surface area (Å²) >= 11 is 1.26. The molecular weight excluding hydrogens is 512 g/mol. The molecule has 0 bridgehead atoms. The molecular formula is C30H30N4O4S. The first-order valence-electron chi connectivity index (χ1n) is 12.8. The van der Waals surface area contributed by atoms with Crippen LogP contribution >= 0.6 is 11.3 Å².